The van der Waals surface area contributed by atoms with Crippen LogP contribution in [0.4, 0.5) is 0 Å². The van der Waals surface area contributed by atoms with Gasteiger partial charge in [0.05, 0.1) is 6.42 Å². The van der Waals surface area contributed by atoms with Crippen molar-refractivity contribution in [2.24, 2.45) is 4.99 Å². The highest BCUT2D eigenvalue weighted by Crippen LogP contribution is 2.03. The fourth-order valence-corrected chi connectivity index (χ4v) is 0.708. The van der Waals surface area contributed by atoms with E-state index in [4.69, 9.17) is 0 Å². The SMILES string of the molecule is O=C=NC1CC(=O)NC1=O. The van der Waals surface area contributed by atoms with Gasteiger partial charge in [-0.05, 0) is 0 Å². The van der Waals surface area contributed by atoms with Gasteiger partial charge < -0.3 is 0 Å². The molecule has 1 fully saturated rings. The number of nitrogens with one attached hydrogen (secondary N) is 1. The van der Waals surface area contributed by atoms with Crippen LogP contribution in [0.2, 0.25) is 0 Å². The Balaban J connectivity index is 2.72. The highest BCUT2D eigenvalue weighted by atomic mass is 16.2. The predicted octanol–water partition coefficient (Wildman–Crippen LogP) is -1.26. The molecule has 1 aliphatic rings. The lowest BCUT2D eigenvalue weighted by atomic mass is 10.3. The molecule has 52 valence electrons. The van der Waals surface area contributed by atoms with Crippen molar-refractivity contribution in [2.45, 2.75) is 12.5 Å². The number of hydrogen-bond donors (Lipinski definition) is 1. The van der Waals surface area contributed by atoms with Crippen molar-refractivity contribution >= 4 is 17.9 Å². The average Bonchev–Trinajstić information content (AvgIpc) is 2.13. The maximum atomic E-state index is 10.6. The standard InChI is InChI=1S/C5H4N2O3/c8-2-6-3-1-4(9)7-5(3)10/h3H,1H2,(H,7,9,10). The smallest absolute Gasteiger partial charge is 0.252 e. The van der Waals surface area contributed by atoms with Crippen molar-refractivity contribution in [3.8, 4) is 0 Å². The van der Waals surface area contributed by atoms with Crippen LogP contribution in [0.1, 0.15) is 6.42 Å². The zero-order valence-corrected chi connectivity index (χ0v) is 4.96. The highest BCUT2D eigenvalue weighted by molar-refractivity contribution is 6.05. The molecule has 1 rings (SSSR count). The molecular weight excluding hydrogens is 136 g/mol. The van der Waals surface area contributed by atoms with Crippen LogP contribution >= 0.6 is 0 Å². The molecule has 1 unspecified atom stereocenters. The number of nitrogens with zero attached hydrogens (tertiary/aromatic N) is 1. The molecule has 0 aromatic carbocycles. The third kappa shape index (κ3) is 1.09. The lowest BCUT2D eigenvalue weighted by molar-refractivity contribution is -0.125. The maximum Gasteiger partial charge on any atom is 0.252 e. The predicted molar refractivity (Wildman–Crippen MR) is 29.7 cm³/mol. The monoisotopic (exact) mass is 140 g/mol. The van der Waals surface area contributed by atoms with Gasteiger partial charge >= 0.3 is 0 Å². The molecule has 10 heavy (non-hydrogen) atoms. The van der Waals surface area contributed by atoms with E-state index >= 15 is 0 Å². The fraction of sp³-hybridized carbons (Fsp3) is 0.400. The first-order valence-electron chi connectivity index (χ1n) is 2.64. The summed E-state index contributed by atoms with van der Waals surface area (Å²) in [5.74, 6) is -0.914. The molecule has 0 aromatic rings. The Morgan fingerprint density at radius 2 is 2.30 bits per heavy atom. The van der Waals surface area contributed by atoms with Crippen molar-refractivity contribution < 1.29 is 14.4 Å². The van der Waals surface area contributed by atoms with Crippen LogP contribution in [0, 0.1) is 0 Å². The van der Waals surface area contributed by atoms with Gasteiger partial charge in [0.15, 0.2) is 6.04 Å². The maximum absolute atomic E-state index is 10.6. The van der Waals surface area contributed by atoms with Gasteiger partial charge in [-0.15, -0.1) is 0 Å². The van der Waals surface area contributed by atoms with E-state index in [1.165, 1.54) is 6.08 Å². The minimum Gasteiger partial charge on any atom is -0.294 e. The molecule has 1 heterocycles. The first-order chi connectivity index (χ1) is 4.74. The summed E-state index contributed by atoms with van der Waals surface area (Å²) in [6, 6.07) is -0.843. The highest BCUT2D eigenvalue weighted by Gasteiger charge is 2.29. The fourth-order valence-electron chi connectivity index (χ4n) is 0.708. The Labute approximate surface area is 56.1 Å². The molecule has 1 atom stereocenters. The number of isocyanates is 1. The Kier molecular flexibility index (Phi) is 1.60. The molecular formula is C5H4N2O3. The van der Waals surface area contributed by atoms with Gasteiger partial charge in [-0.2, -0.15) is 4.99 Å². The van der Waals surface area contributed by atoms with Crippen molar-refractivity contribution in [1.29, 1.82) is 0 Å². The molecule has 0 bridgehead atoms. The summed E-state index contributed by atoms with van der Waals surface area (Å²) in [4.78, 5) is 33.7. The Morgan fingerprint density at radius 3 is 2.70 bits per heavy atom. The van der Waals surface area contributed by atoms with E-state index in [9.17, 15) is 14.4 Å². The normalized spacial score (nSPS) is 23.8. The van der Waals surface area contributed by atoms with Gasteiger partial charge in [-0.25, -0.2) is 4.79 Å². The molecule has 0 spiro atoms. The van der Waals surface area contributed by atoms with E-state index in [0.29, 0.717) is 0 Å². The van der Waals surface area contributed by atoms with Gasteiger partial charge in [0.1, 0.15) is 0 Å². The van der Waals surface area contributed by atoms with Crippen molar-refractivity contribution in [3.05, 3.63) is 0 Å². The second-order valence-electron chi connectivity index (χ2n) is 1.85. The molecule has 0 aromatic heterocycles. The van der Waals surface area contributed by atoms with Crippen molar-refractivity contribution in [3.63, 3.8) is 0 Å². The average molecular weight is 140 g/mol. The topological polar surface area (TPSA) is 75.6 Å². The third-order valence-electron chi connectivity index (χ3n) is 1.15. The number of hydrogen-bond acceptors (Lipinski definition) is 4. The summed E-state index contributed by atoms with van der Waals surface area (Å²) >= 11 is 0. The van der Waals surface area contributed by atoms with Gasteiger partial charge in [-0.3, -0.25) is 14.9 Å². The number of imide groups is 1. The van der Waals surface area contributed by atoms with E-state index in [2.05, 4.69) is 4.99 Å². The number of aliphatic imine (C=N–C) groups is 1. The second-order valence-corrected chi connectivity index (χ2v) is 1.85. The first-order valence-corrected chi connectivity index (χ1v) is 2.64. The molecule has 0 saturated carbocycles. The zero-order valence-electron chi connectivity index (χ0n) is 4.96. The van der Waals surface area contributed by atoms with E-state index in [1.807, 2.05) is 5.32 Å². The van der Waals surface area contributed by atoms with E-state index in [-0.39, 0.29) is 6.42 Å². The van der Waals surface area contributed by atoms with Gasteiger partial charge in [0.25, 0.3) is 5.91 Å². The second kappa shape index (κ2) is 2.41. The van der Waals surface area contributed by atoms with Gasteiger partial charge in [0, 0.05) is 0 Å². The molecule has 1 aliphatic heterocycles. The van der Waals surface area contributed by atoms with Crippen molar-refractivity contribution in [2.75, 3.05) is 0 Å². The Hall–Kier alpha value is -1.48. The van der Waals surface area contributed by atoms with Gasteiger partial charge in [0.2, 0.25) is 12.0 Å². The minimum absolute atomic E-state index is 0.0337. The lowest BCUT2D eigenvalue weighted by Crippen LogP contribution is -2.23. The quantitative estimate of drug-likeness (QED) is 0.280. The Bertz CT molecular complexity index is 229. The molecule has 5 heteroatoms. The van der Waals surface area contributed by atoms with Crippen LogP contribution in [-0.4, -0.2) is 23.9 Å². The lowest BCUT2D eigenvalue weighted by Gasteiger charge is -1.89. The molecule has 0 radical (unpaired) electrons. The minimum atomic E-state index is -0.843. The number of rotatable bonds is 1. The number of carbonyl (C=O) groups is 2. The van der Waals surface area contributed by atoms with Crippen LogP contribution in [0.5, 0.6) is 0 Å². The van der Waals surface area contributed by atoms with E-state index in [1.54, 1.807) is 0 Å². The van der Waals surface area contributed by atoms with Crippen LogP contribution in [0.15, 0.2) is 4.99 Å². The summed E-state index contributed by atoms with van der Waals surface area (Å²) < 4.78 is 0. The molecule has 0 aliphatic carbocycles. The van der Waals surface area contributed by atoms with E-state index < -0.39 is 17.9 Å². The van der Waals surface area contributed by atoms with E-state index in [0.717, 1.165) is 0 Å². The van der Waals surface area contributed by atoms with Crippen LogP contribution in [0.25, 0.3) is 0 Å². The van der Waals surface area contributed by atoms with Crippen LogP contribution < -0.4 is 5.32 Å². The van der Waals surface area contributed by atoms with Crippen LogP contribution in [-0.2, 0) is 14.4 Å². The first kappa shape index (κ1) is 6.64. The van der Waals surface area contributed by atoms with Gasteiger partial charge in [-0.1, -0.05) is 0 Å². The summed E-state index contributed by atoms with van der Waals surface area (Å²) in [5.41, 5.74) is 0. The van der Waals surface area contributed by atoms with Crippen LogP contribution in [0.3, 0.4) is 0 Å². The third-order valence-corrected chi connectivity index (χ3v) is 1.15. The molecule has 1 N–H and O–H groups in total. The zero-order chi connectivity index (χ0) is 7.56. The Morgan fingerprint density at radius 1 is 1.60 bits per heavy atom. The number of amides is 2. The molecule has 1 saturated heterocycles. The summed E-state index contributed by atoms with van der Waals surface area (Å²) in [6.07, 6.45) is 1.19. The summed E-state index contributed by atoms with van der Waals surface area (Å²) in [7, 11) is 0. The largest absolute Gasteiger partial charge is 0.294 e. The molecule has 5 nitrogen and oxygen atoms in total. The summed E-state index contributed by atoms with van der Waals surface area (Å²) in [5, 5.41) is 2.00. The summed E-state index contributed by atoms with van der Waals surface area (Å²) in [6.45, 7) is 0. The number of carbonyl (C=O) groups excluding carboxylic acids is 3. The van der Waals surface area contributed by atoms with Crippen molar-refractivity contribution in [1.82, 2.24) is 5.32 Å². The molecule has 2 amide bonds.